The van der Waals surface area contributed by atoms with Gasteiger partial charge in [0, 0.05) is 0 Å². The Labute approximate surface area is 167 Å². The minimum Gasteiger partial charge on any atom is -0.465 e. The first-order chi connectivity index (χ1) is 13.6. The van der Waals surface area contributed by atoms with Crippen LogP contribution >= 0.6 is 0 Å². The summed E-state index contributed by atoms with van der Waals surface area (Å²) in [5.74, 6) is -1.17. The van der Waals surface area contributed by atoms with Gasteiger partial charge in [-0.25, -0.2) is 0 Å². The van der Waals surface area contributed by atoms with Crippen molar-refractivity contribution < 1.29 is 23.8 Å². The fourth-order valence-electron chi connectivity index (χ4n) is 2.58. The maximum atomic E-state index is 12.6. The molecular weight excluding hydrogens is 356 g/mol. The number of esters is 2. The van der Waals surface area contributed by atoms with Crippen LogP contribution in [0.5, 0.6) is 0 Å². The van der Waals surface area contributed by atoms with Gasteiger partial charge in [0.25, 0.3) is 0 Å². The lowest BCUT2D eigenvalue weighted by Gasteiger charge is -2.27. The van der Waals surface area contributed by atoms with Crippen molar-refractivity contribution >= 4 is 11.9 Å². The summed E-state index contributed by atoms with van der Waals surface area (Å²) in [6.07, 6.45) is 8.91. The highest BCUT2D eigenvalue weighted by Crippen LogP contribution is 2.32. The van der Waals surface area contributed by atoms with Gasteiger partial charge in [0.05, 0.1) is 26.4 Å². The Balaban J connectivity index is 2.80. The van der Waals surface area contributed by atoms with E-state index in [0.29, 0.717) is 13.2 Å². The molecule has 0 heterocycles. The normalized spacial score (nSPS) is 11.6. The van der Waals surface area contributed by atoms with E-state index in [2.05, 4.69) is 6.58 Å². The van der Waals surface area contributed by atoms with Crippen molar-refractivity contribution in [3.05, 3.63) is 72.9 Å². The van der Waals surface area contributed by atoms with E-state index in [1.165, 1.54) is 0 Å². The van der Waals surface area contributed by atoms with Crippen molar-refractivity contribution in [3.8, 4) is 0 Å². The van der Waals surface area contributed by atoms with Crippen LogP contribution in [-0.4, -0.2) is 31.8 Å². The fourth-order valence-corrected chi connectivity index (χ4v) is 2.58. The van der Waals surface area contributed by atoms with Crippen LogP contribution in [0.15, 0.2) is 67.3 Å². The zero-order valence-corrected chi connectivity index (χ0v) is 16.8. The average Bonchev–Trinajstić information content (AvgIpc) is 2.70. The van der Waals surface area contributed by atoms with Crippen molar-refractivity contribution in [1.82, 2.24) is 0 Å². The Hall–Kier alpha value is -2.66. The van der Waals surface area contributed by atoms with Gasteiger partial charge in [0.1, 0.15) is 0 Å². The predicted octanol–water partition coefficient (Wildman–Crippen LogP) is 4.39. The Bertz CT molecular complexity index is 643. The first kappa shape index (κ1) is 23.4. The van der Waals surface area contributed by atoms with E-state index >= 15 is 0 Å². The topological polar surface area (TPSA) is 61.8 Å². The van der Waals surface area contributed by atoms with Gasteiger partial charge < -0.3 is 14.2 Å². The van der Waals surface area contributed by atoms with Gasteiger partial charge in [-0.05, 0) is 32.3 Å². The molecule has 28 heavy (non-hydrogen) atoms. The second kappa shape index (κ2) is 13.5. The third kappa shape index (κ3) is 7.53. The largest absolute Gasteiger partial charge is 0.465 e. The van der Waals surface area contributed by atoms with E-state index in [4.69, 9.17) is 14.2 Å². The van der Waals surface area contributed by atoms with Gasteiger partial charge in [-0.2, -0.15) is 0 Å². The molecule has 0 atom stereocenters. The molecule has 0 aromatic heterocycles. The van der Waals surface area contributed by atoms with Crippen LogP contribution in [0.2, 0.25) is 0 Å². The Morgan fingerprint density at radius 1 is 0.964 bits per heavy atom. The number of benzene rings is 1. The maximum absolute atomic E-state index is 12.6. The van der Waals surface area contributed by atoms with Gasteiger partial charge >= 0.3 is 11.9 Å². The first-order valence-corrected chi connectivity index (χ1v) is 9.49. The van der Waals surface area contributed by atoms with Crippen molar-refractivity contribution in [3.63, 3.8) is 0 Å². The first-order valence-electron chi connectivity index (χ1n) is 9.49. The lowest BCUT2D eigenvalue weighted by atomic mass is 9.80. The summed E-state index contributed by atoms with van der Waals surface area (Å²) >= 11 is 0. The molecule has 1 rings (SSSR count). The number of carbonyl (C=O) groups excluding carboxylic acids is 2. The SMILES string of the molecule is C=C/C=C/CC(C/C=C\COCc1ccccc1)(C(=O)OCC)C(=O)OCC. The van der Waals surface area contributed by atoms with E-state index in [1.807, 2.05) is 30.3 Å². The molecule has 0 unspecified atom stereocenters. The van der Waals surface area contributed by atoms with Crippen LogP contribution < -0.4 is 0 Å². The number of hydrogen-bond donors (Lipinski definition) is 0. The number of ether oxygens (including phenoxy) is 3. The molecular formula is C23H30O5. The van der Waals surface area contributed by atoms with Crippen LogP contribution in [0, 0.1) is 5.41 Å². The van der Waals surface area contributed by atoms with Crippen molar-refractivity contribution in [2.45, 2.75) is 33.3 Å². The Morgan fingerprint density at radius 3 is 2.14 bits per heavy atom. The lowest BCUT2D eigenvalue weighted by Crippen LogP contribution is -2.41. The summed E-state index contributed by atoms with van der Waals surface area (Å²) < 4.78 is 16.0. The zero-order chi connectivity index (χ0) is 20.7. The van der Waals surface area contributed by atoms with Gasteiger partial charge in [-0.1, -0.05) is 67.3 Å². The molecule has 0 aliphatic rings. The molecule has 0 radical (unpaired) electrons. The third-order valence-electron chi connectivity index (χ3n) is 4.03. The summed E-state index contributed by atoms with van der Waals surface area (Å²) in [4.78, 5) is 25.3. The van der Waals surface area contributed by atoms with Crippen LogP contribution in [0.4, 0.5) is 0 Å². The molecule has 152 valence electrons. The molecule has 0 bridgehead atoms. The second-order valence-corrected chi connectivity index (χ2v) is 6.07. The smallest absolute Gasteiger partial charge is 0.324 e. The summed E-state index contributed by atoms with van der Waals surface area (Å²) in [7, 11) is 0. The zero-order valence-electron chi connectivity index (χ0n) is 16.8. The minimum absolute atomic E-state index is 0.168. The molecule has 5 heteroatoms. The molecule has 0 saturated heterocycles. The summed E-state index contributed by atoms with van der Waals surface area (Å²) in [6, 6.07) is 9.84. The molecule has 1 aromatic rings. The van der Waals surface area contributed by atoms with Crippen LogP contribution in [0.25, 0.3) is 0 Å². The number of hydrogen-bond acceptors (Lipinski definition) is 5. The van der Waals surface area contributed by atoms with E-state index in [9.17, 15) is 9.59 Å². The highest BCUT2D eigenvalue weighted by atomic mass is 16.6. The van der Waals surface area contributed by atoms with E-state index in [0.717, 1.165) is 5.56 Å². The van der Waals surface area contributed by atoms with Crippen LogP contribution in [-0.2, 0) is 30.4 Å². The summed E-state index contributed by atoms with van der Waals surface area (Å²) in [5.41, 5.74) is -0.334. The maximum Gasteiger partial charge on any atom is 0.324 e. The quantitative estimate of drug-likeness (QED) is 0.165. The standard InChI is InChI=1S/C23H30O5/c1-4-7-11-16-23(21(24)27-5-2,22(25)28-6-3)17-12-13-18-26-19-20-14-9-8-10-15-20/h4,7-15H,1,5-6,16-19H2,2-3H3/b11-7+,13-12-. The van der Waals surface area contributed by atoms with Crippen molar-refractivity contribution in [2.24, 2.45) is 5.41 Å². The average molecular weight is 386 g/mol. The number of carbonyl (C=O) groups is 2. The van der Waals surface area contributed by atoms with Gasteiger partial charge in [0.2, 0.25) is 0 Å². The van der Waals surface area contributed by atoms with Crippen LogP contribution in [0.3, 0.4) is 0 Å². The highest BCUT2D eigenvalue weighted by molar-refractivity contribution is 6.00. The molecule has 0 N–H and O–H groups in total. The summed E-state index contributed by atoms with van der Waals surface area (Å²) in [5, 5.41) is 0. The fraction of sp³-hybridized carbons (Fsp3) is 0.391. The van der Waals surface area contributed by atoms with Gasteiger partial charge in [-0.3, -0.25) is 9.59 Å². The van der Waals surface area contributed by atoms with Crippen LogP contribution in [0.1, 0.15) is 32.3 Å². The van der Waals surface area contributed by atoms with E-state index in [-0.39, 0.29) is 26.1 Å². The molecule has 1 aromatic carbocycles. The molecule has 5 nitrogen and oxygen atoms in total. The molecule has 0 fully saturated rings. The third-order valence-corrected chi connectivity index (χ3v) is 4.03. The predicted molar refractivity (Wildman–Crippen MR) is 110 cm³/mol. The summed E-state index contributed by atoms with van der Waals surface area (Å²) in [6.45, 7) is 8.28. The Kier molecular flexibility index (Phi) is 11.3. The van der Waals surface area contributed by atoms with E-state index in [1.54, 1.807) is 44.2 Å². The molecule has 0 saturated carbocycles. The highest BCUT2D eigenvalue weighted by Gasteiger charge is 2.47. The number of rotatable bonds is 13. The monoisotopic (exact) mass is 386 g/mol. The Morgan fingerprint density at radius 2 is 1.57 bits per heavy atom. The molecule has 0 aliphatic heterocycles. The molecule has 0 spiro atoms. The second-order valence-electron chi connectivity index (χ2n) is 6.07. The van der Waals surface area contributed by atoms with E-state index < -0.39 is 17.4 Å². The van der Waals surface area contributed by atoms with Crippen molar-refractivity contribution in [1.29, 1.82) is 0 Å². The molecule has 0 aliphatic carbocycles. The van der Waals surface area contributed by atoms with Gasteiger partial charge in [-0.15, -0.1) is 0 Å². The minimum atomic E-state index is -1.42. The number of allylic oxidation sites excluding steroid dienone is 4. The van der Waals surface area contributed by atoms with Gasteiger partial charge in [0.15, 0.2) is 5.41 Å². The lowest BCUT2D eigenvalue weighted by molar-refractivity contribution is -0.171. The molecule has 0 amide bonds. The van der Waals surface area contributed by atoms with Crippen molar-refractivity contribution in [2.75, 3.05) is 19.8 Å².